The predicted octanol–water partition coefficient (Wildman–Crippen LogP) is 0.899. The maximum Gasteiger partial charge on any atom is 0.242 e. The van der Waals surface area contributed by atoms with E-state index in [9.17, 15) is 4.79 Å². The number of carbonyl (C=O) groups is 1. The van der Waals surface area contributed by atoms with Crippen LogP contribution in [0.15, 0.2) is 0 Å². The highest BCUT2D eigenvalue weighted by molar-refractivity contribution is 5.86. The Kier molecular flexibility index (Phi) is 3.97. The van der Waals surface area contributed by atoms with Gasteiger partial charge >= 0.3 is 0 Å². The van der Waals surface area contributed by atoms with E-state index in [0.29, 0.717) is 5.69 Å². The van der Waals surface area contributed by atoms with Crippen molar-refractivity contribution in [1.29, 1.82) is 0 Å². The summed E-state index contributed by atoms with van der Waals surface area (Å²) < 4.78 is 1.94. The molecule has 1 aliphatic heterocycles. The highest BCUT2D eigenvalue weighted by Gasteiger charge is 2.33. The summed E-state index contributed by atoms with van der Waals surface area (Å²) in [5.41, 5.74) is 7.70. The van der Waals surface area contributed by atoms with Crippen molar-refractivity contribution in [2.45, 2.75) is 45.7 Å². The molecule has 1 fully saturated rings. The second-order valence-electron chi connectivity index (χ2n) is 5.01. The first kappa shape index (κ1) is 13.7. The molecule has 0 bridgehead atoms. The number of anilines is 2. The Morgan fingerprint density at radius 3 is 2.95 bits per heavy atom. The maximum absolute atomic E-state index is 12.0. The van der Waals surface area contributed by atoms with Gasteiger partial charge < -0.3 is 16.0 Å². The highest BCUT2D eigenvalue weighted by Crippen LogP contribution is 2.32. The molecule has 19 heavy (non-hydrogen) atoms. The van der Waals surface area contributed by atoms with Gasteiger partial charge in [0.2, 0.25) is 5.91 Å². The predicted molar refractivity (Wildman–Crippen MR) is 76.1 cm³/mol. The molecule has 1 aromatic heterocycles. The van der Waals surface area contributed by atoms with Crippen LogP contribution >= 0.6 is 0 Å². The van der Waals surface area contributed by atoms with Crippen LogP contribution in [0.25, 0.3) is 0 Å². The Balaban J connectivity index is 2.37. The van der Waals surface area contributed by atoms with Gasteiger partial charge in [0, 0.05) is 20.1 Å². The molecule has 6 heteroatoms. The fraction of sp³-hybridized carbons (Fsp3) is 0.692. The normalized spacial score (nSPS) is 18.9. The molecule has 2 heterocycles. The van der Waals surface area contributed by atoms with Gasteiger partial charge in [-0.1, -0.05) is 6.92 Å². The lowest BCUT2D eigenvalue weighted by atomic mass is 10.2. The molecule has 106 valence electrons. The molecule has 0 saturated carbocycles. The van der Waals surface area contributed by atoms with Crippen molar-refractivity contribution in [1.82, 2.24) is 15.1 Å². The lowest BCUT2D eigenvalue weighted by Crippen LogP contribution is -2.43. The molecule has 1 atom stereocenters. The minimum Gasteiger partial charge on any atom is -0.394 e. The van der Waals surface area contributed by atoms with E-state index in [4.69, 9.17) is 5.73 Å². The van der Waals surface area contributed by atoms with E-state index < -0.39 is 0 Å². The Labute approximate surface area is 113 Å². The summed E-state index contributed by atoms with van der Waals surface area (Å²) in [6.07, 6.45) is 2.87. The third-order valence-corrected chi connectivity index (χ3v) is 3.66. The summed E-state index contributed by atoms with van der Waals surface area (Å²) in [6.45, 7) is 5.70. The molecule has 0 aliphatic carbocycles. The number of aromatic nitrogens is 2. The van der Waals surface area contributed by atoms with Gasteiger partial charge in [0.15, 0.2) is 5.82 Å². The number of carbonyl (C=O) groups excluding carboxylic acids is 1. The molecule has 1 saturated heterocycles. The van der Waals surface area contributed by atoms with Crippen LogP contribution in [-0.4, -0.2) is 35.3 Å². The van der Waals surface area contributed by atoms with Gasteiger partial charge in [-0.15, -0.1) is 0 Å². The lowest BCUT2D eigenvalue weighted by molar-refractivity contribution is -0.121. The largest absolute Gasteiger partial charge is 0.394 e. The molecule has 1 aromatic rings. The zero-order valence-corrected chi connectivity index (χ0v) is 11.9. The van der Waals surface area contributed by atoms with Gasteiger partial charge in [-0.3, -0.25) is 4.79 Å². The number of nitrogens with one attached hydrogen (secondary N) is 1. The van der Waals surface area contributed by atoms with E-state index in [1.165, 1.54) is 0 Å². The van der Waals surface area contributed by atoms with Gasteiger partial charge in [0.25, 0.3) is 0 Å². The monoisotopic (exact) mass is 265 g/mol. The molecule has 0 aromatic carbocycles. The summed E-state index contributed by atoms with van der Waals surface area (Å²) >= 11 is 0. The van der Waals surface area contributed by atoms with E-state index >= 15 is 0 Å². The van der Waals surface area contributed by atoms with Crippen LogP contribution in [0, 0.1) is 6.92 Å². The second kappa shape index (κ2) is 5.50. The topological polar surface area (TPSA) is 76.2 Å². The summed E-state index contributed by atoms with van der Waals surface area (Å²) in [7, 11) is 1.68. The molecule has 1 unspecified atom stereocenters. The highest BCUT2D eigenvalue weighted by atomic mass is 16.2. The molecular formula is C13H23N5O. The fourth-order valence-electron chi connectivity index (χ4n) is 2.71. The Morgan fingerprint density at radius 2 is 2.32 bits per heavy atom. The van der Waals surface area contributed by atoms with Crippen molar-refractivity contribution < 1.29 is 4.79 Å². The van der Waals surface area contributed by atoms with Crippen molar-refractivity contribution in [2.24, 2.45) is 0 Å². The van der Waals surface area contributed by atoms with E-state index in [-0.39, 0.29) is 11.9 Å². The molecular weight excluding hydrogens is 242 g/mol. The van der Waals surface area contributed by atoms with Crippen LogP contribution in [0.4, 0.5) is 11.5 Å². The average Bonchev–Trinajstić information content (AvgIpc) is 2.96. The number of nitrogens with zero attached hydrogens (tertiary/aromatic N) is 3. The lowest BCUT2D eigenvalue weighted by Gasteiger charge is -2.26. The summed E-state index contributed by atoms with van der Waals surface area (Å²) in [5.74, 6) is 0.962. The first-order valence-corrected chi connectivity index (χ1v) is 6.91. The molecule has 2 rings (SSSR count). The number of hydrogen-bond acceptors (Lipinski definition) is 4. The number of nitrogens with two attached hydrogens (primary N) is 1. The fourth-order valence-corrected chi connectivity index (χ4v) is 2.71. The number of hydrogen-bond donors (Lipinski definition) is 2. The van der Waals surface area contributed by atoms with Crippen molar-refractivity contribution in [3.05, 3.63) is 5.69 Å². The second-order valence-corrected chi connectivity index (χ2v) is 5.01. The summed E-state index contributed by atoms with van der Waals surface area (Å²) in [6, 6.07) is -0.126. The van der Waals surface area contributed by atoms with Crippen molar-refractivity contribution in [3.63, 3.8) is 0 Å². The minimum atomic E-state index is -0.126. The molecule has 0 spiro atoms. The Hall–Kier alpha value is -1.72. The number of amides is 1. The van der Waals surface area contributed by atoms with Crippen LogP contribution < -0.4 is 16.0 Å². The van der Waals surface area contributed by atoms with E-state index in [1.807, 2.05) is 11.6 Å². The van der Waals surface area contributed by atoms with E-state index in [2.05, 4.69) is 22.2 Å². The Bertz CT molecular complexity index is 468. The first-order valence-electron chi connectivity index (χ1n) is 6.91. The molecule has 1 amide bonds. The SMILES string of the molecule is CCCn1nc(C)c(N)c1N1CCCC1C(=O)NC. The van der Waals surface area contributed by atoms with Gasteiger partial charge in [0.05, 0.1) is 11.4 Å². The van der Waals surface area contributed by atoms with Crippen LogP contribution in [0.3, 0.4) is 0 Å². The number of likely N-dealkylation sites (N-methyl/N-ethyl adjacent to an activating group) is 1. The van der Waals surface area contributed by atoms with Gasteiger partial charge in [-0.25, -0.2) is 4.68 Å². The summed E-state index contributed by atoms with van der Waals surface area (Å²) in [5, 5.41) is 7.22. The number of rotatable bonds is 4. The minimum absolute atomic E-state index is 0.0544. The van der Waals surface area contributed by atoms with Crippen LogP contribution in [0.1, 0.15) is 31.9 Å². The average molecular weight is 265 g/mol. The smallest absolute Gasteiger partial charge is 0.242 e. The molecule has 0 radical (unpaired) electrons. The quantitative estimate of drug-likeness (QED) is 0.848. The van der Waals surface area contributed by atoms with E-state index in [1.54, 1.807) is 7.05 Å². The molecule has 3 N–H and O–H groups in total. The summed E-state index contributed by atoms with van der Waals surface area (Å²) in [4.78, 5) is 14.1. The van der Waals surface area contributed by atoms with Crippen molar-refractivity contribution in [2.75, 3.05) is 24.2 Å². The number of aryl methyl sites for hydroxylation is 2. The first-order chi connectivity index (χ1) is 9.10. The van der Waals surface area contributed by atoms with Crippen molar-refractivity contribution >= 4 is 17.4 Å². The Morgan fingerprint density at radius 1 is 1.58 bits per heavy atom. The van der Waals surface area contributed by atoms with Gasteiger partial charge in [-0.05, 0) is 26.2 Å². The zero-order chi connectivity index (χ0) is 14.0. The molecule has 1 aliphatic rings. The van der Waals surface area contributed by atoms with Gasteiger partial charge in [0.1, 0.15) is 6.04 Å². The third-order valence-electron chi connectivity index (χ3n) is 3.66. The zero-order valence-electron chi connectivity index (χ0n) is 11.9. The van der Waals surface area contributed by atoms with Crippen LogP contribution in [0.5, 0.6) is 0 Å². The standard InChI is InChI=1S/C13H23N5O/c1-4-7-18-13(11(14)9(2)16-18)17-8-5-6-10(17)12(19)15-3/h10H,4-8,14H2,1-3H3,(H,15,19). The molecule has 6 nitrogen and oxygen atoms in total. The maximum atomic E-state index is 12.0. The van der Waals surface area contributed by atoms with Crippen LogP contribution in [-0.2, 0) is 11.3 Å². The van der Waals surface area contributed by atoms with Crippen molar-refractivity contribution in [3.8, 4) is 0 Å². The number of nitrogen functional groups attached to an aromatic ring is 1. The van der Waals surface area contributed by atoms with E-state index in [0.717, 1.165) is 43.9 Å². The third kappa shape index (κ3) is 2.39. The van der Waals surface area contributed by atoms with Crippen LogP contribution in [0.2, 0.25) is 0 Å². The van der Waals surface area contributed by atoms with Gasteiger partial charge in [-0.2, -0.15) is 5.10 Å².